The monoisotopic (exact) mass is 242 g/mol. The van der Waals surface area contributed by atoms with E-state index in [4.69, 9.17) is 12.2 Å². The van der Waals surface area contributed by atoms with Crippen molar-refractivity contribution < 1.29 is 4.79 Å². The highest BCUT2D eigenvalue weighted by Crippen LogP contribution is 2.09. The average Bonchev–Trinajstić information content (AvgIpc) is 2.87. The number of aromatic amines is 2. The second-order valence-electron chi connectivity index (χ2n) is 3.85. The Labute approximate surface area is 97.2 Å². The van der Waals surface area contributed by atoms with Crippen molar-refractivity contribution in [2.75, 3.05) is 13.1 Å². The van der Waals surface area contributed by atoms with Crippen molar-refractivity contribution in [1.29, 1.82) is 0 Å². The van der Waals surface area contributed by atoms with Crippen LogP contribution in [0.3, 0.4) is 0 Å². The first-order chi connectivity index (χ1) is 7.68. The molecule has 16 heavy (non-hydrogen) atoms. The molecule has 88 valence electrons. The van der Waals surface area contributed by atoms with Crippen molar-refractivity contribution in [3.8, 4) is 0 Å². The van der Waals surface area contributed by atoms with Gasteiger partial charge in [-0.15, -0.1) is 0 Å². The van der Waals surface area contributed by atoms with Crippen molar-refractivity contribution >= 4 is 18.1 Å². The summed E-state index contributed by atoms with van der Waals surface area (Å²) in [5, 5.41) is 4.93. The van der Waals surface area contributed by atoms with Crippen LogP contribution in [0.2, 0.25) is 0 Å². The molecule has 0 aliphatic carbocycles. The van der Waals surface area contributed by atoms with Crippen molar-refractivity contribution in [2.24, 2.45) is 0 Å². The van der Waals surface area contributed by atoms with E-state index in [0.717, 1.165) is 25.9 Å². The molecule has 1 saturated heterocycles. The third-order valence-corrected chi connectivity index (χ3v) is 3.10. The van der Waals surface area contributed by atoms with Gasteiger partial charge in [0.1, 0.15) is 0 Å². The van der Waals surface area contributed by atoms with Crippen molar-refractivity contribution in [3.05, 3.63) is 15.3 Å². The Bertz CT molecular complexity index is 453. The molecule has 0 radical (unpaired) electrons. The molecule has 1 fully saturated rings. The molecule has 0 bridgehead atoms. The number of aromatic nitrogens is 3. The van der Waals surface area contributed by atoms with Crippen molar-refractivity contribution in [3.63, 3.8) is 0 Å². The molecule has 1 amide bonds. The summed E-state index contributed by atoms with van der Waals surface area (Å²) in [5.74, 6) is 0.0972. The van der Waals surface area contributed by atoms with E-state index in [9.17, 15) is 9.59 Å². The Morgan fingerprint density at radius 3 is 2.56 bits per heavy atom. The maximum Gasteiger partial charge on any atom is 0.342 e. The van der Waals surface area contributed by atoms with Crippen LogP contribution < -0.4 is 5.69 Å². The van der Waals surface area contributed by atoms with Gasteiger partial charge in [0.05, 0.1) is 0 Å². The average molecular weight is 242 g/mol. The molecule has 1 aliphatic heterocycles. The molecule has 1 aromatic heterocycles. The fourth-order valence-corrected chi connectivity index (χ4v) is 2.09. The van der Waals surface area contributed by atoms with Crippen molar-refractivity contribution in [2.45, 2.75) is 25.8 Å². The van der Waals surface area contributed by atoms with E-state index in [2.05, 4.69) is 10.2 Å². The number of likely N-dealkylation sites (tertiary alicyclic amines) is 1. The fourth-order valence-electron chi connectivity index (χ4n) is 1.87. The van der Waals surface area contributed by atoms with Crippen LogP contribution in [-0.2, 0) is 11.3 Å². The summed E-state index contributed by atoms with van der Waals surface area (Å²) in [6.45, 7) is 2.02. The maximum absolute atomic E-state index is 11.7. The Hall–Kier alpha value is -1.37. The lowest BCUT2D eigenvalue weighted by atomic mass is 10.3. The standard InChI is InChI=1S/C9H14N4O2S/c14-7(12-4-1-2-5-12)3-6-13-8(15)10-11-9(13)16/h1-6H2,(H,10,15)(H,11,16). The zero-order chi connectivity index (χ0) is 11.5. The van der Waals surface area contributed by atoms with Gasteiger partial charge in [-0.1, -0.05) is 0 Å². The van der Waals surface area contributed by atoms with Gasteiger partial charge in [-0.05, 0) is 25.1 Å². The van der Waals surface area contributed by atoms with Gasteiger partial charge in [-0.2, -0.15) is 0 Å². The van der Waals surface area contributed by atoms with Crippen LogP contribution in [0.15, 0.2) is 4.79 Å². The summed E-state index contributed by atoms with van der Waals surface area (Å²) in [4.78, 5) is 24.8. The topological polar surface area (TPSA) is 73.9 Å². The molecule has 1 aliphatic rings. The largest absolute Gasteiger partial charge is 0.343 e. The first-order valence-electron chi connectivity index (χ1n) is 5.34. The molecule has 0 saturated carbocycles. The van der Waals surface area contributed by atoms with Crippen LogP contribution in [0.25, 0.3) is 0 Å². The van der Waals surface area contributed by atoms with E-state index in [1.165, 1.54) is 4.57 Å². The highest BCUT2D eigenvalue weighted by molar-refractivity contribution is 7.71. The fraction of sp³-hybridized carbons (Fsp3) is 0.667. The lowest BCUT2D eigenvalue weighted by Gasteiger charge is -2.14. The third kappa shape index (κ3) is 2.24. The zero-order valence-corrected chi connectivity index (χ0v) is 9.68. The molecule has 0 unspecified atom stereocenters. The summed E-state index contributed by atoms with van der Waals surface area (Å²) >= 11 is 4.91. The van der Waals surface area contributed by atoms with E-state index in [1.807, 2.05) is 4.90 Å². The molecule has 2 heterocycles. The second-order valence-corrected chi connectivity index (χ2v) is 4.24. The van der Waals surface area contributed by atoms with Crippen molar-refractivity contribution in [1.82, 2.24) is 19.7 Å². The molecule has 7 heteroatoms. The lowest BCUT2D eigenvalue weighted by Crippen LogP contribution is -2.29. The van der Waals surface area contributed by atoms with E-state index in [0.29, 0.717) is 17.7 Å². The van der Waals surface area contributed by atoms with Gasteiger partial charge in [0.2, 0.25) is 5.91 Å². The van der Waals surface area contributed by atoms with E-state index in [-0.39, 0.29) is 11.6 Å². The lowest BCUT2D eigenvalue weighted by molar-refractivity contribution is -0.130. The quantitative estimate of drug-likeness (QED) is 0.746. The molecule has 1 aromatic rings. The predicted molar refractivity (Wildman–Crippen MR) is 60.7 cm³/mol. The SMILES string of the molecule is O=C(CCn1c(=O)[nH][nH]c1=S)N1CCCC1. The molecule has 0 spiro atoms. The number of amides is 1. The van der Waals surface area contributed by atoms with Gasteiger partial charge in [0, 0.05) is 26.1 Å². The molecular weight excluding hydrogens is 228 g/mol. The smallest absolute Gasteiger partial charge is 0.342 e. The Balaban J connectivity index is 1.94. The van der Waals surface area contributed by atoms with Gasteiger partial charge >= 0.3 is 5.69 Å². The number of H-pyrrole nitrogens is 2. The minimum Gasteiger partial charge on any atom is -0.343 e. The zero-order valence-electron chi connectivity index (χ0n) is 8.86. The van der Waals surface area contributed by atoms with Gasteiger partial charge in [0.25, 0.3) is 0 Å². The number of nitrogens with zero attached hydrogens (tertiary/aromatic N) is 2. The highest BCUT2D eigenvalue weighted by atomic mass is 32.1. The van der Waals surface area contributed by atoms with Crippen LogP contribution in [0, 0.1) is 4.77 Å². The number of hydrogen-bond donors (Lipinski definition) is 2. The van der Waals surface area contributed by atoms with Gasteiger partial charge in [0.15, 0.2) is 4.77 Å². The number of carbonyl (C=O) groups is 1. The van der Waals surface area contributed by atoms with Gasteiger partial charge < -0.3 is 4.90 Å². The van der Waals surface area contributed by atoms with Gasteiger partial charge in [-0.3, -0.25) is 14.5 Å². The Morgan fingerprint density at radius 2 is 2.00 bits per heavy atom. The van der Waals surface area contributed by atoms with E-state index >= 15 is 0 Å². The number of hydrogen-bond acceptors (Lipinski definition) is 3. The molecule has 0 aromatic carbocycles. The first-order valence-corrected chi connectivity index (χ1v) is 5.74. The van der Waals surface area contributed by atoms with E-state index < -0.39 is 0 Å². The third-order valence-electron chi connectivity index (χ3n) is 2.77. The van der Waals surface area contributed by atoms with Crippen LogP contribution in [0.4, 0.5) is 0 Å². The summed E-state index contributed by atoms with van der Waals surface area (Å²) < 4.78 is 1.70. The highest BCUT2D eigenvalue weighted by Gasteiger charge is 2.17. The van der Waals surface area contributed by atoms with E-state index in [1.54, 1.807) is 0 Å². The minimum atomic E-state index is -0.292. The van der Waals surface area contributed by atoms with Gasteiger partial charge in [-0.25, -0.2) is 9.89 Å². The summed E-state index contributed by atoms with van der Waals surface area (Å²) in [5.41, 5.74) is -0.292. The second kappa shape index (κ2) is 4.65. The summed E-state index contributed by atoms with van der Waals surface area (Å²) in [7, 11) is 0. The molecule has 6 nitrogen and oxygen atoms in total. The molecule has 0 atom stereocenters. The van der Waals surface area contributed by atoms with Crippen LogP contribution in [0.5, 0.6) is 0 Å². The Kier molecular flexibility index (Phi) is 3.23. The Morgan fingerprint density at radius 1 is 1.31 bits per heavy atom. The van der Waals surface area contributed by atoms with Crippen LogP contribution in [0.1, 0.15) is 19.3 Å². The van der Waals surface area contributed by atoms with Crippen LogP contribution >= 0.6 is 12.2 Å². The van der Waals surface area contributed by atoms with Crippen LogP contribution in [-0.4, -0.2) is 38.7 Å². The minimum absolute atomic E-state index is 0.0972. The number of rotatable bonds is 3. The predicted octanol–water partition coefficient (Wildman–Crippen LogP) is 0.246. The number of carbonyl (C=O) groups excluding carboxylic acids is 1. The maximum atomic E-state index is 11.7. The first kappa shape index (κ1) is 11.1. The number of nitrogens with one attached hydrogen (secondary N) is 2. The molecule has 2 N–H and O–H groups in total. The summed E-state index contributed by atoms with van der Waals surface area (Å²) in [6, 6.07) is 0. The molecule has 2 rings (SSSR count). The normalized spacial score (nSPS) is 15.6. The molecular formula is C9H14N4O2S. The summed E-state index contributed by atoms with van der Waals surface area (Å²) in [6.07, 6.45) is 2.49.